The molecule has 1 aliphatic heterocycles. The van der Waals surface area contributed by atoms with Crippen LogP contribution in [-0.2, 0) is 30.7 Å². The predicted octanol–water partition coefficient (Wildman–Crippen LogP) is 3.00. The first-order valence-corrected chi connectivity index (χ1v) is 9.76. The minimum absolute atomic E-state index is 0.357. The summed E-state index contributed by atoms with van der Waals surface area (Å²) in [6, 6.07) is 3.74. The third-order valence-electron chi connectivity index (χ3n) is 3.64. The Morgan fingerprint density at radius 2 is 0.846 bits per heavy atom. The fourth-order valence-corrected chi connectivity index (χ4v) is 2.80. The quantitative estimate of drug-likeness (QED) is 0.701. The van der Waals surface area contributed by atoms with E-state index in [1.165, 1.54) is 0 Å². The first-order chi connectivity index (χ1) is 12.8. The van der Waals surface area contributed by atoms with E-state index in [0.29, 0.717) is 89.3 Å². The van der Waals surface area contributed by atoms with Gasteiger partial charge in [-0.2, -0.15) is 0 Å². The summed E-state index contributed by atoms with van der Waals surface area (Å²) in [5, 5.41) is 0. The van der Waals surface area contributed by atoms with Gasteiger partial charge in [-0.25, -0.2) is 0 Å². The van der Waals surface area contributed by atoms with Gasteiger partial charge in [0, 0.05) is 11.8 Å². The highest BCUT2D eigenvalue weighted by Gasteiger charge is 2.12. The first kappa shape index (κ1) is 21.5. The number of hydrogen-bond acceptors (Lipinski definition) is 6. The summed E-state index contributed by atoms with van der Waals surface area (Å²) in [6.45, 7) is 4.86. The average molecular weight is 409 g/mol. The first-order valence-electron chi connectivity index (χ1n) is 8.69. The fourth-order valence-electron chi connectivity index (χ4n) is 2.30. The molecule has 1 aromatic carbocycles. The topological polar surface area (TPSA) is 55.4 Å². The second-order valence-corrected chi connectivity index (χ2v) is 6.02. The maximum Gasteiger partial charge on any atom is 0.161 e. The van der Waals surface area contributed by atoms with Crippen LogP contribution in [0.25, 0.3) is 0 Å². The van der Waals surface area contributed by atoms with Gasteiger partial charge in [-0.15, -0.1) is 23.2 Å². The maximum atomic E-state index is 6.01. The zero-order valence-corrected chi connectivity index (χ0v) is 16.4. The van der Waals surface area contributed by atoms with E-state index in [1.54, 1.807) is 0 Å². The molecule has 0 bridgehead atoms. The van der Waals surface area contributed by atoms with Crippen molar-refractivity contribution in [2.75, 3.05) is 66.1 Å². The van der Waals surface area contributed by atoms with Crippen molar-refractivity contribution in [3.63, 3.8) is 0 Å². The maximum absolute atomic E-state index is 6.01. The molecule has 0 fully saturated rings. The molecule has 6 nitrogen and oxygen atoms in total. The Bertz CT molecular complexity index is 470. The molecular formula is C18H26Cl2O6. The Balaban J connectivity index is 1.99. The Kier molecular flexibility index (Phi) is 11.1. The molecule has 0 spiro atoms. The molecule has 1 heterocycles. The number of ether oxygens (including phenoxy) is 6. The molecule has 26 heavy (non-hydrogen) atoms. The van der Waals surface area contributed by atoms with Gasteiger partial charge < -0.3 is 28.4 Å². The van der Waals surface area contributed by atoms with Crippen molar-refractivity contribution in [2.24, 2.45) is 0 Å². The Morgan fingerprint density at radius 3 is 1.15 bits per heavy atom. The van der Waals surface area contributed by atoms with Crippen LogP contribution in [0.5, 0.6) is 11.5 Å². The highest BCUT2D eigenvalue weighted by Crippen LogP contribution is 2.32. The number of hydrogen-bond donors (Lipinski definition) is 0. The van der Waals surface area contributed by atoms with E-state index in [2.05, 4.69) is 0 Å². The van der Waals surface area contributed by atoms with Crippen molar-refractivity contribution < 1.29 is 28.4 Å². The molecule has 8 heteroatoms. The van der Waals surface area contributed by atoms with E-state index in [9.17, 15) is 0 Å². The minimum Gasteiger partial charge on any atom is -0.487 e. The van der Waals surface area contributed by atoms with Crippen molar-refractivity contribution in [3.05, 3.63) is 23.3 Å². The lowest BCUT2D eigenvalue weighted by atomic mass is 10.1. The van der Waals surface area contributed by atoms with E-state index >= 15 is 0 Å². The minimum atomic E-state index is 0.357. The van der Waals surface area contributed by atoms with Gasteiger partial charge in [0.25, 0.3) is 0 Å². The SMILES string of the molecule is ClCc1cc2c(cc1CCl)OCCOCCOCCOCCOCCO2. The van der Waals surface area contributed by atoms with Crippen LogP contribution >= 0.6 is 23.2 Å². The van der Waals surface area contributed by atoms with E-state index in [1.807, 2.05) is 12.1 Å². The van der Waals surface area contributed by atoms with Crippen LogP contribution in [0.2, 0.25) is 0 Å². The lowest BCUT2D eigenvalue weighted by molar-refractivity contribution is -0.00842. The summed E-state index contributed by atoms with van der Waals surface area (Å²) >= 11 is 12.0. The number of rotatable bonds is 2. The third-order valence-corrected chi connectivity index (χ3v) is 4.22. The van der Waals surface area contributed by atoms with Gasteiger partial charge in [-0.3, -0.25) is 0 Å². The molecule has 0 unspecified atom stereocenters. The molecule has 148 valence electrons. The lowest BCUT2D eigenvalue weighted by Crippen LogP contribution is -2.16. The Hall–Kier alpha value is -0.760. The molecule has 2 rings (SSSR count). The smallest absolute Gasteiger partial charge is 0.161 e. The Labute approximate surface area is 164 Å². The molecular weight excluding hydrogens is 383 g/mol. The molecule has 0 radical (unpaired) electrons. The highest BCUT2D eigenvalue weighted by atomic mass is 35.5. The van der Waals surface area contributed by atoms with Crippen molar-refractivity contribution in [1.82, 2.24) is 0 Å². The van der Waals surface area contributed by atoms with Crippen LogP contribution in [0, 0.1) is 0 Å². The molecule has 1 aliphatic rings. The number of benzene rings is 1. The van der Waals surface area contributed by atoms with Crippen LogP contribution < -0.4 is 9.47 Å². The van der Waals surface area contributed by atoms with Crippen LogP contribution in [0.4, 0.5) is 0 Å². The van der Waals surface area contributed by atoms with E-state index in [-0.39, 0.29) is 0 Å². The molecule has 0 aliphatic carbocycles. The van der Waals surface area contributed by atoms with Crippen molar-refractivity contribution >= 4 is 23.2 Å². The van der Waals surface area contributed by atoms with Crippen LogP contribution in [-0.4, -0.2) is 66.1 Å². The van der Waals surface area contributed by atoms with Crippen LogP contribution in [0.15, 0.2) is 12.1 Å². The van der Waals surface area contributed by atoms with E-state index in [0.717, 1.165) is 11.1 Å². The largest absolute Gasteiger partial charge is 0.487 e. The van der Waals surface area contributed by atoms with Gasteiger partial charge in [0.1, 0.15) is 13.2 Å². The zero-order chi connectivity index (χ0) is 18.5. The van der Waals surface area contributed by atoms with E-state index < -0.39 is 0 Å². The average Bonchev–Trinajstić information content (AvgIpc) is 2.67. The van der Waals surface area contributed by atoms with Gasteiger partial charge >= 0.3 is 0 Å². The number of halogens is 2. The van der Waals surface area contributed by atoms with Gasteiger partial charge in [-0.05, 0) is 23.3 Å². The predicted molar refractivity (Wildman–Crippen MR) is 99.8 cm³/mol. The summed E-state index contributed by atoms with van der Waals surface area (Å²) in [4.78, 5) is 0. The highest BCUT2D eigenvalue weighted by molar-refractivity contribution is 6.18. The summed E-state index contributed by atoms with van der Waals surface area (Å²) in [6.07, 6.45) is 0. The van der Waals surface area contributed by atoms with Gasteiger partial charge in [-0.1, -0.05) is 0 Å². The van der Waals surface area contributed by atoms with Crippen molar-refractivity contribution in [2.45, 2.75) is 11.8 Å². The summed E-state index contributed by atoms with van der Waals surface area (Å²) < 4.78 is 33.5. The van der Waals surface area contributed by atoms with Crippen LogP contribution in [0.3, 0.4) is 0 Å². The third kappa shape index (κ3) is 7.86. The Morgan fingerprint density at radius 1 is 0.538 bits per heavy atom. The molecule has 0 atom stereocenters. The molecule has 1 aromatic rings. The summed E-state index contributed by atoms with van der Waals surface area (Å²) in [5.41, 5.74) is 1.85. The molecule has 0 amide bonds. The summed E-state index contributed by atoms with van der Waals surface area (Å²) in [7, 11) is 0. The van der Waals surface area contributed by atoms with Gasteiger partial charge in [0.05, 0.1) is 52.9 Å². The fraction of sp³-hybridized carbons (Fsp3) is 0.667. The second kappa shape index (κ2) is 13.4. The number of fused-ring (bicyclic) bond motifs is 1. The summed E-state index contributed by atoms with van der Waals surface area (Å²) in [5.74, 6) is 1.96. The zero-order valence-electron chi connectivity index (χ0n) is 14.8. The van der Waals surface area contributed by atoms with Gasteiger partial charge in [0.2, 0.25) is 0 Å². The molecule has 0 aromatic heterocycles. The monoisotopic (exact) mass is 408 g/mol. The van der Waals surface area contributed by atoms with Crippen molar-refractivity contribution in [1.29, 1.82) is 0 Å². The van der Waals surface area contributed by atoms with E-state index in [4.69, 9.17) is 51.6 Å². The second-order valence-electron chi connectivity index (χ2n) is 5.48. The standard InChI is InChI=1S/C18H26Cl2O6/c19-13-15-11-17-18(12-16(15)14-20)26-10-8-24-6-4-22-2-1-21-3-5-23-7-9-25-17/h11-12H,1-10,13-14H2. The lowest BCUT2D eigenvalue weighted by Gasteiger charge is -2.16. The molecule has 0 N–H and O–H groups in total. The van der Waals surface area contributed by atoms with Gasteiger partial charge in [0.15, 0.2) is 11.5 Å². The molecule has 0 saturated heterocycles. The van der Waals surface area contributed by atoms with Crippen LogP contribution in [0.1, 0.15) is 11.1 Å². The van der Waals surface area contributed by atoms with Crippen molar-refractivity contribution in [3.8, 4) is 11.5 Å². The number of alkyl halides is 2. The normalized spacial score (nSPS) is 18.7. The molecule has 0 saturated carbocycles.